The summed E-state index contributed by atoms with van der Waals surface area (Å²) in [6.07, 6.45) is 5.65. The molecule has 2 aliphatic heterocycles. The minimum absolute atomic E-state index is 0.0452. The molecule has 0 aromatic heterocycles. The number of nitrogen functional groups attached to an aromatic ring is 1. The van der Waals surface area contributed by atoms with Gasteiger partial charge < -0.3 is 31.6 Å². The Morgan fingerprint density at radius 2 is 1.89 bits per heavy atom. The van der Waals surface area contributed by atoms with E-state index < -0.39 is 0 Å². The highest BCUT2D eigenvalue weighted by atomic mass is 16.5. The molecule has 2 heterocycles. The number of rotatable bonds is 7. The molecule has 0 unspecified atom stereocenters. The Balaban J connectivity index is 1.50. The number of aryl methyl sites for hydroxylation is 1. The minimum atomic E-state index is -0.0452. The molecule has 192 valence electrons. The summed E-state index contributed by atoms with van der Waals surface area (Å²) in [4.78, 5) is 2.49. The fraction of sp³-hybridized carbons (Fsp3) is 0.414. The predicted octanol–water partition coefficient (Wildman–Crippen LogP) is 4.34. The summed E-state index contributed by atoms with van der Waals surface area (Å²) in [5.41, 5.74) is 23.8. The molecule has 7 nitrogen and oxygen atoms in total. The van der Waals surface area contributed by atoms with Crippen LogP contribution in [0.3, 0.4) is 0 Å². The predicted molar refractivity (Wildman–Crippen MR) is 147 cm³/mol. The number of hydrogen-bond donors (Lipinski definition) is 4. The van der Waals surface area contributed by atoms with Crippen molar-refractivity contribution in [2.24, 2.45) is 11.5 Å². The lowest BCUT2D eigenvalue weighted by atomic mass is 9.82. The van der Waals surface area contributed by atoms with Gasteiger partial charge in [0.05, 0.1) is 5.71 Å². The van der Waals surface area contributed by atoms with Crippen molar-refractivity contribution >= 4 is 11.4 Å². The molecular weight excluding hydrogens is 450 g/mol. The molecule has 1 saturated heterocycles. The summed E-state index contributed by atoms with van der Waals surface area (Å²) in [6, 6.07) is 11.5. The third-order valence-corrected chi connectivity index (χ3v) is 7.62. The second-order valence-corrected chi connectivity index (χ2v) is 9.97. The number of hydrogen-bond acceptors (Lipinski definition) is 7. The standard InChI is InChI=1S/C29H39N5O2/c1-4-34-13-11-29(12-14-34)10-9-21-15-22(5-8-27(21)36-29)28(33)24-16-23(6-7-26(24)32)35-18-25(20(3)31)19(2)17-30/h5-8,15-17,33H,4,9-14,18,30-32H2,1-3H3/b19-17-,25-20-,33-28?. The Hall–Kier alpha value is -3.45. The lowest BCUT2D eigenvalue weighted by molar-refractivity contribution is -0.0132. The SMILES string of the molecule is CCN1CCC2(CCc3cc(C(=N)c4cc(OCC(/C(C)=C\N)=C(\C)N)ccc4N)ccc3O2)CC1. The van der Waals surface area contributed by atoms with Crippen LogP contribution >= 0.6 is 0 Å². The number of ether oxygens (including phenoxy) is 2. The molecule has 1 spiro atoms. The summed E-state index contributed by atoms with van der Waals surface area (Å²) < 4.78 is 12.6. The minimum Gasteiger partial charge on any atom is -0.489 e. The van der Waals surface area contributed by atoms with Gasteiger partial charge in [0, 0.05) is 41.2 Å². The van der Waals surface area contributed by atoms with Gasteiger partial charge in [0.15, 0.2) is 0 Å². The smallest absolute Gasteiger partial charge is 0.123 e. The molecule has 0 saturated carbocycles. The highest BCUT2D eigenvalue weighted by Crippen LogP contribution is 2.40. The van der Waals surface area contributed by atoms with E-state index in [1.807, 2.05) is 32.0 Å². The van der Waals surface area contributed by atoms with Crippen molar-refractivity contribution in [1.82, 2.24) is 4.90 Å². The number of nitrogens with one attached hydrogen (secondary N) is 1. The topological polar surface area (TPSA) is 124 Å². The van der Waals surface area contributed by atoms with Crippen molar-refractivity contribution in [3.8, 4) is 11.5 Å². The molecule has 4 rings (SSSR count). The Kier molecular flexibility index (Phi) is 7.59. The zero-order valence-electron chi connectivity index (χ0n) is 21.7. The first-order chi connectivity index (χ1) is 17.2. The van der Waals surface area contributed by atoms with Crippen molar-refractivity contribution in [3.63, 3.8) is 0 Å². The van der Waals surface area contributed by atoms with Gasteiger partial charge in [-0.15, -0.1) is 0 Å². The molecule has 7 N–H and O–H groups in total. The maximum Gasteiger partial charge on any atom is 0.123 e. The van der Waals surface area contributed by atoms with Gasteiger partial charge in [-0.2, -0.15) is 0 Å². The third-order valence-electron chi connectivity index (χ3n) is 7.62. The summed E-state index contributed by atoms with van der Waals surface area (Å²) in [7, 11) is 0. The van der Waals surface area contributed by atoms with Gasteiger partial charge in [-0.25, -0.2) is 0 Å². The van der Waals surface area contributed by atoms with Gasteiger partial charge in [0.2, 0.25) is 0 Å². The molecule has 7 heteroatoms. The normalized spacial score (nSPS) is 18.2. The highest BCUT2D eigenvalue weighted by molar-refractivity contribution is 6.14. The van der Waals surface area contributed by atoms with Crippen LogP contribution in [-0.4, -0.2) is 42.5 Å². The van der Waals surface area contributed by atoms with Crippen LogP contribution in [0.1, 0.15) is 56.7 Å². The average molecular weight is 490 g/mol. The van der Waals surface area contributed by atoms with Crippen LogP contribution in [0.2, 0.25) is 0 Å². The molecule has 0 atom stereocenters. The second-order valence-electron chi connectivity index (χ2n) is 9.97. The van der Waals surface area contributed by atoms with Crippen LogP contribution in [0.15, 0.2) is 59.4 Å². The largest absolute Gasteiger partial charge is 0.489 e. The molecule has 2 aromatic carbocycles. The number of nitrogens with zero attached hydrogens (tertiary/aromatic N) is 1. The first kappa shape index (κ1) is 25.6. The number of fused-ring (bicyclic) bond motifs is 1. The lowest BCUT2D eigenvalue weighted by Gasteiger charge is -2.44. The lowest BCUT2D eigenvalue weighted by Crippen LogP contribution is -2.49. The van der Waals surface area contributed by atoms with Crippen molar-refractivity contribution in [1.29, 1.82) is 5.41 Å². The number of benzene rings is 2. The van der Waals surface area contributed by atoms with Gasteiger partial charge in [-0.3, -0.25) is 5.41 Å². The average Bonchev–Trinajstić information content (AvgIpc) is 2.89. The van der Waals surface area contributed by atoms with Gasteiger partial charge in [0.25, 0.3) is 0 Å². The number of allylic oxidation sites excluding steroid dienone is 1. The van der Waals surface area contributed by atoms with Gasteiger partial charge in [0.1, 0.15) is 23.7 Å². The number of piperidine rings is 1. The van der Waals surface area contributed by atoms with Gasteiger partial charge in [-0.1, -0.05) is 6.92 Å². The molecule has 2 aromatic rings. The molecule has 2 aliphatic rings. The maximum absolute atomic E-state index is 8.90. The molecule has 0 radical (unpaired) electrons. The van der Waals surface area contributed by atoms with E-state index >= 15 is 0 Å². The van der Waals surface area contributed by atoms with Crippen LogP contribution in [0.4, 0.5) is 5.69 Å². The molecule has 0 amide bonds. The molecule has 0 aliphatic carbocycles. The summed E-state index contributed by atoms with van der Waals surface area (Å²) >= 11 is 0. The first-order valence-electron chi connectivity index (χ1n) is 12.8. The number of nitrogens with two attached hydrogens (primary N) is 3. The third kappa shape index (κ3) is 5.36. The van der Waals surface area contributed by atoms with Crippen molar-refractivity contribution < 1.29 is 9.47 Å². The van der Waals surface area contributed by atoms with Crippen LogP contribution in [-0.2, 0) is 6.42 Å². The van der Waals surface area contributed by atoms with Crippen LogP contribution in [0.5, 0.6) is 11.5 Å². The summed E-state index contributed by atoms with van der Waals surface area (Å²) in [5.74, 6) is 1.57. The van der Waals surface area contributed by atoms with Crippen molar-refractivity contribution in [2.45, 2.75) is 52.1 Å². The highest BCUT2D eigenvalue weighted by Gasteiger charge is 2.39. The second kappa shape index (κ2) is 10.7. The van der Waals surface area contributed by atoms with E-state index in [1.165, 1.54) is 6.20 Å². The van der Waals surface area contributed by atoms with Crippen molar-refractivity contribution in [2.75, 3.05) is 32.0 Å². The van der Waals surface area contributed by atoms with E-state index in [0.717, 1.165) is 73.3 Å². The Bertz CT molecular complexity index is 1190. The fourth-order valence-electron chi connectivity index (χ4n) is 5.10. The summed E-state index contributed by atoms with van der Waals surface area (Å²) in [5, 5.41) is 8.90. The Morgan fingerprint density at radius 1 is 1.14 bits per heavy atom. The van der Waals surface area contributed by atoms with E-state index in [1.54, 1.807) is 12.1 Å². The number of likely N-dealkylation sites (tertiary alicyclic amines) is 1. The fourth-order valence-corrected chi connectivity index (χ4v) is 5.10. The Labute approximate surface area is 214 Å². The summed E-state index contributed by atoms with van der Waals surface area (Å²) in [6.45, 7) is 9.51. The molecular formula is C29H39N5O2. The Morgan fingerprint density at radius 3 is 2.56 bits per heavy atom. The number of anilines is 1. The zero-order valence-corrected chi connectivity index (χ0v) is 21.7. The van der Waals surface area contributed by atoms with Crippen LogP contribution in [0, 0.1) is 5.41 Å². The van der Waals surface area contributed by atoms with E-state index in [-0.39, 0.29) is 12.2 Å². The van der Waals surface area contributed by atoms with Gasteiger partial charge in [-0.05, 0) is 99.8 Å². The van der Waals surface area contributed by atoms with E-state index in [4.69, 9.17) is 32.1 Å². The maximum atomic E-state index is 8.90. The molecule has 36 heavy (non-hydrogen) atoms. The first-order valence-corrected chi connectivity index (χ1v) is 12.8. The van der Waals surface area contributed by atoms with E-state index in [0.29, 0.717) is 28.4 Å². The molecule has 1 fully saturated rings. The van der Waals surface area contributed by atoms with Crippen LogP contribution in [0.25, 0.3) is 0 Å². The van der Waals surface area contributed by atoms with E-state index in [2.05, 4.69) is 17.9 Å². The van der Waals surface area contributed by atoms with Crippen LogP contribution < -0.4 is 26.7 Å². The van der Waals surface area contributed by atoms with Crippen molar-refractivity contribution in [3.05, 3.63) is 76.1 Å². The molecule has 0 bridgehead atoms. The van der Waals surface area contributed by atoms with E-state index in [9.17, 15) is 0 Å². The quantitative estimate of drug-likeness (QED) is 0.261. The zero-order chi connectivity index (χ0) is 25.9. The monoisotopic (exact) mass is 489 g/mol. The van der Waals surface area contributed by atoms with Gasteiger partial charge >= 0.3 is 0 Å².